The molecule has 1 aromatic heterocycles. The topological polar surface area (TPSA) is 79.4 Å². The highest BCUT2D eigenvalue weighted by Gasteiger charge is 2.14. The van der Waals surface area contributed by atoms with Crippen molar-refractivity contribution in [3.8, 4) is 0 Å². The zero-order chi connectivity index (χ0) is 15.2. The third-order valence-electron chi connectivity index (χ3n) is 2.71. The molecule has 0 atom stereocenters. The fourth-order valence-electron chi connectivity index (χ4n) is 1.54. The predicted octanol–water partition coefficient (Wildman–Crippen LogP) is 1.02. The van der Waals surface area contributed by atoms with Gasteiger partial charge in [-0.05, 0) is 18.6 Å². The van der Waals surface area contributed by atoms with Crippen LogP contribution in [0.3, 0.4) is 0 Å². The number of rotatable bonds is 7. The van der Waals surface area contributed by atoms with Crippen molar-refractivity contribution in [2.24, 2.45) is 0 Å². The molecule has 0 aromatic carbocycles. The maximum absolute atomic E-state index is 12.2. The largest absolute Gasteiger partial charge is 0.370 e. The van der Waals surface area contributed by atoms with Crippen LogP contribution in [-0.2, 0) is 9.84 Å². The van der Waals surface area contributed by atoms with E-state index < -0.39 is 9.84 Å². The average Bonchev–Trinajstić information content (AvgIpc) is 2.41. The highest BCUT2D eigenvalue weighted by atomic mass is 32.2. The highest BCUT2D eigenvalue weighted by Crippen LogP contribution is 2.09. The van der Waals surface area contributed by atoms with Gasteiger partial charge in [-0.2, -0.15) is 0 Å². The van der Waals surface area contributed by atoms with Gasteiger partial charge in [-0.15, -0.1) is 0 Å². The molecule has 0 spiro atoms. The quantitative estimate of drug-likeness (QED) is 0.813. The number of carbonyl (C=O) groups excluding carboxylic acids is 1. The Morgan fingerprint density at radius 1 is 1.45 bits per heavy atom. The summed E-state index contributed by atoms with van der Waals surface area (Å²) < 4.78 is 22.2. The third-order valence-corrected chi connectivity index (χ3v) is 3.63. The zero-order valence-corrected chi connectivity index (χ0v) is 12.9. The molecule has 1 aromatic rings. The fourth-order valence-corrected chi connectivity index (χ4v) is 2.14. The lowest BCUT2D eigenvalue weighted by molar-refractivity contribution is 0.0803. The standard InChI is InChI=1S/C13H21N3O3S/c1-4-6-14-12-10-11(5-7-15-12)13(17)16(2)8-9-20(3,18)19/h5,7,10H,4,6,8-9H2,1-3H3,(H,14,15). The van der Waals surface area contributed by atoms with Crippen LogP contribution >= 0.6 is 0 Å². The van der Waals surface area contributed by atoms with Crippen molar-refractivity contribution >= 4 is 21.6 Å². The Balaban J connectivity index is 2.71. The van der Waals surface area contributed by atoms with Gasteiger partial charge in [0.15, 0.2) is 0 Å². The molecule has 0 aliphatic heterocycles. The second-order valence-electron chi connectivity index (χ2n) is 4.71. The van der Waals surface area contributed by atoms with Gasteiger partial charge in [0.2, 0.25) is 0 Å². The van der Waals surface area contributed by atoms with Gasteiger partial charge in [-0.1, -0.05) is 6.92 Å². The van der Waals surface area contributed by atoms with E-state index in [2.05, 4.69) is 10.3 Å². The molecule has 1 rings (SSSR count). The van der Waals surface area contributed by atoms with Crippen LogP contribution in [0.1, 0.15) is 23.7 Å². The fraction of sp³-hybridized carbons (Fsp3) is 0.538. The van der Waals surface area contributed by atoms with Crippen LogP contribution in [-0.4, -0.2) is 56.4 Å². The molecule has 0 aliphatic carbocycles. The molecule has 0 bridgehead atoms. The van der Waals surface area contributed by atoms with Crippen LogP contribution < -0.4 is 5.32 Å². The lowest BCUT2D eigenvalue weighted by Crippen LogP contribution is -2.31. The molecule has 0 aliphatic rings. The number of hydrogen-bond donors (Lipinski definition) is 1. The first-order chi connectivity index (χ1) is 9.33. The Morgan fingerprint density at radius 2 is 2.15 bits per heavy atom. The lowest BCUT2D eigenvalue weighted by atomic mass is 10.2. The number of pyridine rings is 1. The lowest BCUT2D eigenvalue weighted by Gasteiger charge is -2.17. The molecule has 0 saturated heterocycles. The summed E-state index contributed by atoms with van der Waals surface area (Å²) in [5.41, 5.74) is 0.495. The summed E-state index contributed by atoms with van der Waals surface area (Å²) in [6.07, 6.45) is 3.69. The van der Waals surface area contributed by atoms with Crippen LogP contribution in [0, 0.1) is 0 Å². The van der Waals surface area contributed by atoms with Crippen molar-refractivity contribution in [2.75, 3.05) is 37.5 Å². The van der Waals surface area contributed by atoms with Gasteiger partial charge in [0.25, 0.3) is 5.91 Å². The molecule has 0 saturated carbocycles. The first kappa shape index (κ1) is 16.4. The van der Waals surface area contributed by atoms with E-state index in [0.29, 0.717) is 11.4 Å². The van der Waals surface area contributed by atoms with E-state index >= 15 is 0 Å². The maximum Gasteiger partial charge on any atom is 0.253 e. The maximum atomic E-state index is 12.2. The zero-order valence-electron chi connectivity index (χ0n) is 12.1. The predicted molar refractivity (Wildman–Crippen MR) is 79.7 cm³/mol. The van der Waals surface area contributed by atoms with Crippen molar-refractivity contribution < 1.29 is 13.2 Å². The summed E-state index contributed by atoms with van der Waals surface area (Å²) in [5, 5.41) is 3.11. The summed E-state index contributed by atoms with van der Waals surface area (Å²) >= 11 is 0. The van der Waals surface area contributed by atoms with Gasteiger partial charge in [0.05, 0.1) is 5.75 Å². The van der Waals surface area contributed by atoms with Crippen molar-refractivity contribution in [1.82, 2.24) is 9.88 Å². The normalized spacial score (nSPS) is 11.2. The van der Waals surface area contributed by atoms with E-state index in [4.69, 9.17) is 0 Å². The molecule has 1 N–H and O–H groups in total. The van der Waals surface area contributed by atoms with Crippen LogP contribution in [0.25, 0.3) is 0 Å². The third kappa shape index (κ3) is 5.56. The summed E-state index contributed by atoms with van der Waals surface area (Å²) in [5.74, 6) is 0.395. The molecule has 0 radical (unpaired) electrons. The summed E-state index contributed by atoms with van der Waals surface area (Å²) in [4.78, 5) is 17.7. The van der Waals surface area contributed by atoms with Crippen molar-refractivity contribution in [1.29, 1.82) is 0 Å². The Morgan fingerprint density at radius 3 is 2.75 bits per heavy atom. The number of carbonyl (C=O) groups is 1. The summed E-state index contributed by atoms with van der Waals surface area (Å²) in [7, 11) is -1.48. The first-order valence-electron chi connectivity index (χ1n) is 6.46. The van der Waals surface area contributed by atoms with Gasteiger partial charge in [0.1, 0.15) is 15.7 Å². The van der Waals surface area contributed by atoms with E-state index in [0.717, 1.165) is 19.2 Å². The van der Waals surface area contributed by atoms with Crippen LogP contribution in [0.15, 0.2) is 18.3 Å². The number of nitrogens with zero attached hydrogens (tertiary/aromatic N) is 2. The van der Waals surface area contributed by atoms with Gasteiger partial charge < -0.3 is 10.2 Å². The molecular weight excluding hydrogens is 278 g/mol. The Bertz CT molecular complexity index is 558. The minimum atomic E-state index is -3.07. The Hall–Kier alpha value is -1.63. The number of amides is 1. The molecule has 1 amide bonds. The molecule has 112 valence electrons. The number of hydrogen-bond acceptors (Lipinski definition) is 5. The summed E-state index contributed by atoms with van der Waals surface area (Å²) in [6, 6.07) is 3.30. The second-order valence-corrected chi connectivity index (χ2v) is 6.97. The van der Waals surface area contributed by atoms with Crippen molar-refractivity contribution in [2.45, 2.75) is 13.3 Å². The Kier molecular flexibility index (Phi) is 5.94. The molecule has 7 heteroatoms. The minimum Gasteiger partial charge on any atom is -0.370 e. The van der Waals surface area contributed by atoms with Crippen LogP contribution in [0.5, 0.6) is 0 Å². The number of aromatic nitrogens is 1. The van der Waals surface area contributed by atoms with E-state index in [9.17, 15) is 13.2 Å². The molecule has 6 nitrogen and oxygen atoms in total. The number of sulfone groups is 1. The molecule has 20 heavy (non-hydrogen) atoms. The number of nitrogens with one attached hydrogen (secondary N) is 1. The molecule has 1 heterocycles. The minimum absolute atomic E-state index is 0.0404. The summed E-state index contributed by atoms with van der Waals surface area (Å²) in [6.45, 7) is 3.01. The highest BCUT2D eigenvalue weighted by molar-refractivity contribution is 7.90. The van der Waals surface area contributed by atoms with E-state index in [1.54, 1.807) is 25.4 Å². The van der Waals surface area contributed by atoms with Crippen LogP contribution in [0.4, 0.5) is 5.82 Å². The number of anilines is 1. The van der Waals surface area contributed by atoms with Gasteiger partial charge in [-0.3, -0.25) is 4.79 Å². The molecule has 0 fully saturated rings. The van der Waals surface area contributed by atoms with Crippen molar-refractivity contribution in [3.05, 3.63) is 23.9 Å². The Labute approximate surface area is 120 Å². The average molecular weight is 299 g/mol. The van der Waals surface area contributed by atoms with Crippen molar-refractivity contribution in [3.63, 3.8) is 0 Å². The van der Waals surface area contributed by atoms with Gasteiger partial charge in [-0.25, -0.2) is 13.4 Å². The smallest absolute Gasteiger partial charge is 0.253 e. The van der Waals surface area contributed by atoms with E-state index in [1.807, 2.05) is 6.92 Å². The van der Waals surface area contributed by atoms with Crippen LogP contribution in [0.2, 0.25) is 0 Å². The SMILES string of the molecule is CCCNc1cc(C(=O)N(C)CCS(C)(=O)=O)ccn1. The molecule has 0 unspecified atom stereocenters. The van der Waals surface area contributed by atoms with E-state index in [-0.39, 0.29) is 18.2 Å². The molecular formula is C13H21N3O3S. The second kappa shape index (κ2) is 7.23. The first-order valence-corrected chi connectivity index (χ1v) is 8.52. The van der Waals surface area contributed by atoms with Gasteiger partial charge >= 0.3 is 0 Å². The van der Waals surface area contributed by atoms with Gasteiger partial charge in [0, 0.05) is 38.2 Å². The van der Waals surface area contributed by atoms with E-state index in [1.165, 1.54) is 4.90 Å². The monoisotopic (exact) mass is 299 g/mol.